The highest BCUT2D eigenvalue weighted by atomic mass is 19.4. The Morgan fingerprint density at radius 1 is 1.19 bits per heavy atom. The summed E-state index contributed by atoms with van der Waals surface area (Å²) in [6.45, 7) is 4.60. The third-order valence-corrected chi connectivity index (χ3v) is 6.70. The van der Waals surface area contributed by atoms with Gasteiger partial charge >= 0.3 is 12.1 Å². The third-order valence-electron chi connectivity index (χ3n) is 6.70. The first-order valence-electron chi connectivity index (χ1n) is 12.2. The van der Waals surface area contributed by atoms with E-state index in [0.29, 0.717) is 37.4 Å². The van der Waals surface area contributed by atoms with Gasteiger partial charge in [0, 0.05) is 12.0 Å². The van der Waals surface area contributed by atoms with E-state index >= 15 is 0 Å². The zero-order chi connectivity index (χ0) is 25.9. The number of fused-ring (bicyclic) bond motifs is 2. The first kappa shape index (κ1) is 25.9. The smallest absolute Gasteiger partial charge is 0.437 e. The molecule has 9 heteroatoms. The molecule has 0 fully saturated rings. The predicted molar refractivity (Wildman–Crippen MR) is 127 cm³/mol. The third kappa shape index (κ3) is 5.29. The molecular weight excluding hydrogens is 475 g/mol. The Labute approximate surface area is 207 Å². The Kier molecular flexibility index (Phi) is 7.76. The number of carbonyl (C=O) groups is 1. The van der Waals surface area contributed by atoms with Crippen LogP contribution < -0.4 is 9.47 Å². The number of ether oxygens (including phenoxy) is 3. The van der Waals surface area contributed by atoms with Crippen LogP contribution in [-0.4, -0.2) is 31.4 Å². The standard InChI is InChI=1S/C27H30F3NO5/c1-4-6-21-23(12-11-22-24(21)36-31-25(22)27(28,29)30)35-14-5-13-34-18-8-10-20-17(15-18)7-9-19(20)16(2)26(32)33-3/h8,10-12,15-16,19H,4-7,9,13-14H2,1-3H3/t16-,19-/m1/s1. The number of carbonyl (C=O) groups excluding carboxylic acids is 1. The van der Waals surface area contributed by atoms with Crippen LogP contribution in [0, 0.1) is 5.92 Å². The molecule has 1 aliphatic rings. The van der Waals surface area contributed by atoms with Crippen molar-refractivity contribution in [3.8, 4) is 11.5 Å². The molecular formula is C27H30F3NO5. The monoisotopic (exact) mass is 505 g/mol. The van der Waals surface area contributed by atoms with Gasteiger partial charge in [-0.25, -0.2) is 0 Å². The summed E-state index contributed by atoms with van der Waals surface area (Å²) >= 11 is 0. The van der Waals surface area contributed by atoms with Gasteiger partial charge in [-0.05, 0) is 60.6 Å². The molecule has 0 unspecified atom stereocenters. The van der Waals surface area contributed by atoms with E-state index in [1.54, 1.807) is 6.07 Å². The number of halogens is 3. The van der Waals surface area contributed by atoms with E-state index in [1.807, 2.05) is 32.0 Å². The maximum absolute atomic E-state index is 13.2. The number of aryl methyl sites for hydroxylation is 2. The van der Waals surface area contributed by atoms with Crippen molar-refractivity contribution in [1.29, 1.82) is 0 Å². The van der Waals surface area contributed by atoms with Gasteiger partial charge in [-0.1, -0.05) is 31.5 Å². The summed E-state index contributed by atoms with van der Waals surface area (Å²) in [4.78, 5) is 11.9. The van der Waals surface area contributed by atoms with Crippen molar-refractivity contribution in [1.82, 2.24) is 5.16 Å². The van der Waals surface area contributed by atoms with Gasteiger partial charge in [-0.15, -0.1) is 0 Å². The largest absolute Gasteiger partial charge is 0.493 e. The average molecular weight is 506 g/mol. The van der Waals surface area contributed by atoms with Crippen molar-refractivity contribution in [2.24, 2.45) is 5.92 Å². The Morgan fingerprint density at radius 2 is 1.97 bits per heavy atom. The number of benzene rings is 2. The van der Waals surface area contributed by atoms with Crippen molar-refractivity contribution in [2.75, 3.05) is 20.3 Å². The van der Waals surface area contributed by atoms with Crippen LogP contribution in [0.25, 0.3) is 11.0 Å². The molecule has 4 rings (SSSR count). The summed E-state index contributed by atoms with van der Waals surface area (Å²) in [5.74, 6) is 1.03. The zero-order valence-electron chi connectivity index (χ0n) is 20.6. The predicted octanol–water partition coefficient (Wildman–Crippen LogP) is 6.49. The molecule has 0 bridgehead atoms. The van der Waals surface area contributed by atoms with Crippen LogP contribution in [0.5, 0.6) is 11.5 Å². The highest BCUT2D eigenvalue weighted by Gasteiger charge is 2.37. The Hall–Kier alpha value is -3.23. The molecule has 0 saturated carbocycles. The molecule has 0 N–H and O–H groups in total. The molecule has 6 nitrogen and oxygen atoms in total. The minimum absolute atomic E-state index is 0.0542. The second-order valence-electron chi connectivity index (χ2n) is 9.07. The summed E-state index contributed by atoms with van der Waals surface area (Å²) in [5.41, 5.74) is 2.05. The molecule has 0 saturated heterocycles. The number of rotatable bonds is 10. The van der Waals surface area contributed by atoms with Crippen molar-refractivity contribution in [3.63, 3.8) is 0 Å². The van der Waals surface area contributed by atoms with Gasteiger partial charge in [0.05, 0.1) is 31.6 Å². The molecule has 0 amide bonds. The van der Waals surface area contributed by atoms with Crippen LogP contribution in [0.4, 0.5) is 13.2 Å². The molecule has 0 aliphatic heterocycles. The lowest BCUT2D eigenvalue weighted by Crippen LogP contribution is -2.19. The molecule has 1 heterocycles. The van der Waals surface area contributed by atoms with E-state index in [4.69, 9.17) is 18.7 Å². The van der Waals surface area contributed by atoms with E-state index in [0.717, 1.165) is 25.0 Å². The number of esters is 1. The summed E-state index contributed by atoms with van der Waals surface area (Å²) in [6.07, 6.45) is -0.955. The lowest BCUT2D eigenvalue weighted by molar-refractivity contribution is -0.145. The number of hydrogen-bond donors (Lipinski definition) is 0. The van der Waals surface area contributed by atoms with E-state index in [9.17, 15) is 18.0 Å². The van der Waals surface area contributed by atoms with E-state index < -0.39 is 11.9 Å². The van der Waals surface area contributed by atoms with Gasteiger partial charge in [0.2, 0.25) is 0 Å². The summed E-state index contributed by atoms with van der Waals surface area (Å²) in [6, 6.07) is 8.86. The molecule has 36 heavy (non-hydrogen) atoms. The Balaban J connectivity index is 1.34. The number of alkyl halides is 3. The molecule has 194 valence electrons. The second kappa shape index (κ2) is 10.8. The maximum atomic E-state index is 13.2. The van der Waals surface area contributed by atoms with Crippen molar-refractivity contribution < 1.29 is 36.7 Å². The number of nitrogens with zero attached hydrogens (tertiary/aromatic N) is 1. The molecule has 2 atom stereocenters. The Morgan fingerprint density at radius 3 is 2.69 bits per heavy atom. The van der Waals surface area contributed by atoms with Crippen LogP contribution in [0.15, 0.2) is 34.9 Å². The topological polar surface area (TPSA) is 70.8 Å². The number of hydrogen-bond acceptors (Lipinski definition) is 6. The van der Waals surface area contributed by atoms with E-state index in [1.165, 1.54) is 24.3 Å². The van der Waals surface area contributed by atoms with Gasteiger partial charge in [0.15, 0.2) is 11.3 Å². The molecule has 0 radical (unpaired) electrons. The fourth-order valence-electron chi connectivity index (χ4n) is 4.88. The van der Waals surface area contributed by atoms with Crippen LogP contribution in [0.3, 0.4) is 0 Å². The fraction of sp³-hybridized carbons (Fsp3) is 0.481. The summed E-state index contributed by atoms with van der Waals surface area (Å²) < 4.78 is 61.3. The number of aromatic nitrogens is 1. The lowest BCUT2D eigenvalue weighted by atomic mass is 9.89. The zero-order valence-corrected chi connectivity index (χ0v) is 20.6. The highest BCUT2D eigenvalue weighted by Crippen LogP contribution is 2.40. The first-order valence-corrected chi connectivity index (χ1v) is 12.2. The van der Waals surface area contributed by atoms with Crippen LogP contribution in [0.2, 0.25) is 0 Å². The van der Waals surface area contributed by atoms with Crippen molar-refractivity contribution >= 4 is 16.9 Å². The Bertz CT molecular complexity index is 1220. The maximum Gasteiger partial charge on any atom is 0.437 e. The minimum atomic E-state index is -4.58. The lowest BCUT2D eigenvalue weighted by Gasteiger charge is -2.18. The minimum Gasteiger partial charge on any atom is -0.493 e. The summed E-state index contributed by atoms with van der Waals surface area (Å²) in [5, 5.41) is 3.19. The molecule has 1 aromatic heterocycles. The number of methoxy groups -OCH3 is 1. The normalized spacial score (nSPS) is 16.1. The van der Waals surface area contributed by atoms with Crippen LogP contribution >= 0.6 is 0 Å². The van der Waals surface area contributed by atoms with E-state index in [-0.39, 0.29) is 28.8 Å². The quantitative estimate of drug-likeness (QED) is 0.232. The van der Waals surface area contributed by atoms with Crippen molar-refractivity contribution in [3.05, 3.63) is 52.7 Å². The van der Waals surface area contributed by atoms with Crippen molar-refractivity contribution in [2.45, 2.75) is 58.0 Å². The molecule has 0 spiro atoms. The van der Waals surface area contributed by atoms with Gasteiger partial charge in [0.1, 0.15) is 11.5 Å². The second-order valence-corrected chi connectivity index (χ2v) is 9.07. The first-order chi connectivity index (χ1) is 17.2. The molecule has 3 aromatic rings. The van der Waals surface area contributed by atoms with Gasteiger partial charge in [-0.2, -0.15) is 13.2 Å². The molecule has 2 aromatic carbocycles. The summed E-state index contributed by atoms with van der Waals surface area (Å²) in [7, 11) is 1.41. The van der Waals surface area contributed by atoms with Crippen LogP contribution in [0.1, 0.15) is 61.4 Å². The van der Waals surface area contributed by atoms with E-state index in [2.05, 4.69) is 5.16 Å². The van der Waals surface area contributed by atoms with Gasteiger partial charge in [-0.3, -0.25) is 4.79 Å². The average Bonchev–Trinajstić information content (AvgIpc) is 3.48. The molecule has 1 aliphatic carbocycles. The van der Waals surface area contributed by atoms with Gasteiger partial charge < -0.3 is 18.7 Å². The fourth-order valence-corrected chi connectivity index (χ4v) is 4.88. The van der Waals surface area contributed by atoms with Gasteiger partial charge in [0.25, 0.3) is 0 Å². The SMILES string of the molecule is CCCc1c(OCCCOc2ccc3c(c2)CC[C@@H]3[C@@H](C)C(=O)OC)ccc2c(C(F)(F)F)noc12. The van der Waals surface area contributed by atoms with Crippen LogP contribution in [-0.2, 0) is 28.5 Å². The highest BCUT2D eigenvalue weighted by molar-refractivity contribution is 5.85.